The maximum Gasteiger partial charge on any atom is 0.169 e. The molecule has 0 radical (unpaired) electrons. The van der Waals surface area contributed by atoms with Gasteiger partial charge in [-0.15, -0.1) is 0 Å². The van der Waals surface area contributed by atoms with Crippen LogP contribution in [0.15, 0.2) is 40.9 Å². The Hall–Kier alpha value is -1.68. The van der Waals surface area contributed by atoms with Crippen LogP contribution in [0.25, 0.3) is 0 Å². The number of ketones is 1. The fraction of sp³-hybridized carbons (Fsp3) is 0.133. The first-order valence-electron chi connectivity index (χ1n) is 5.80. The summed E-state index contributed by atoms with van der Waals surface area (Å²) in [4.78, 5) is 12.2. The fourth-order valence-corrected chi connectivity index (χ4v) is 2.42. The third-order valence-corrected chi connectivity index (χ3v) is 3.25. The number of Topliss-reactive ketones (excluding diaryl/α,β-unsaturated/α-hetero) is 1. The van der Waals surface area contributed by atoms with Gasteiger partial charge in [0.2, 0.25) is 0 Å². The molecule has 0 bridgehead atoms. The molecule has 0 aliphatic rings. The van der Waals surface area contributed by atoms with Gasteiger partial charge >= 0.3 is 0 Å². The summed E-state index contributed by atoms with van der Waals surface area (Å²) in [5.41, 5.74) is 8.33. The highest BCUT2D eigenvalue weighted by molar-refractivity contribution is 9.10. The van der Waals surface area contributed by atoms with Crippen molar-refractivity contribution >= 4 is 27.4 Å². The first-order valence-corrected chi connectivity index (χ1v) is 6.59. The highest BCUT2D eigenvalue weighted by Crippen LogP contribution is 2.19. The topological polar surface area (TPSA) is 43.1 Å². The minimum absolute atomic E-state index is 0.112. The molecule has 2 nitrogen and oxygen atoms in total. The van der Waals surface area contributed by atoms with E-state index in [1.165, 1.54) is 12.1 Å². The monoisotopic (exact) mass is 321 g/mol. The third-order valence-electron chi connectivity index (χ3n) is 2.80. The Morgan fingerprint density at radius 1 is 1.26 bits per heavy atom. The maximum atomic E-state index is 13.3. The Balaban J connectivity index is 2.28. The SMILES string of the molecule is Cc1ccc(N)c(C(=O)Cc2cc(F)cc(Br)c2)c1. The standard InChI is InChI=1S/C15H13BrFNO/c1-9-2-3-14(18)13(4-9)15(19)7-10-5-11(16)8-12(17)6-10/h2-6,8H,7,18H2,1H3. The normalized spacial score (nSPS) is 10.5. The summed E-state index contributed by atoms with van der Waals surface area (Å²) in [6.07, 6.45) is 0.129. The smallest absolute Gasteiger partial charge is 0.169 e. The molecule has 0 amide bonds. The molecular weight excluding hydrogens is 309 g/mol. The molecule has 0 atom stereocenters. The lowest BCUT2D eigenvalue weighted by atomic mass is 10.00. The van der Waals surface area contributed by atoms with Gasteiger partial charge in [-0.3, -0.25) is 4.79 Å². The summed E-state index contributed by atoms with van der Waals surface area (Å²) < 4.78 is 13.9. The van der Waals surface area contributed by atoms with Crippen molar-refractivity contribution in [3.05, 3.63) is 63.4 Å². The molecule has 0 fully saturated rings. The number of hydrogen-bond acceptors (Lipinski definition) is 2. The molecular formula is C15H13BrFNO. The number of hydrogen-bond donors (Lipinski definition) is 1. The van der Waals surface area contributed by atoms with E-state index < -0.39 is 0 Å². The Bertz CT molecular complexity index is 620. The maximum absolute atomic E-state index is 13.3. The van der Waals surface area contributed by atoms with Crippen molar-refractivity contribution in [1.82, 2.24) is 0 Å². The molecule has 0 aliphatic heterocycles. The van der Waals surface area contributed by atoms with E-state index >= 15 is 0 Å². The molecule has 0 heterocycles. The summed E-state index contributed by atoms with van der Waals surface area (Å²) in [6.45, 7) is 1.90. The van der Waals surface area contributed by atoms with Crippen LogP contribution in [0.3, 0.4) is 0 Å². The molecule has 0 aromatic heterocycles. The summed E-state index contributed by atoms with van der Waals surface area (Å²) in [7, 11) is 0. The van der Waals surface area contributed by atoms with Crippen molar-refractivity contribution in [2.75, 3.05) is 5.73 Å². The van der Waals surface area contributed by atoms with Gasteiger partial charge in [-0.25, -0.2) is 4.39 Å². The second kappa shape index (κ2) is 5.53. The molecule has 2 aromatic rings. The minimum Gasteiger partial charge on any atom is -0.398 e. The molecule has 0 saturated carbocycles. The summed E-state index contributed by atoms with van der Waals surface area (Å²) in [5, 5.41) is 0. The van der Waals surface area contributed by atoms with Gasteiger partial charge in [0.25, 0.3) is 0 Å². The fourth-order valence-electron chi connectivity index (χ4n) is 1.91. The minimum atomic E-state index is -0.366. The Morgan fingerprint density at radius 2 is 2.00 bits per heavy atom. The number of halogens is 2. The third kappa shape index (κ3) is 3.41. The van der Waals surface area contributed by atoms with E-state index in [1.807, 2.05) is 13.0 Å². The number of rotatable bonds is 3. The molecule has 4 heteroatoms. The summed E-state index contributed by atoms with van der Waals surface area (Å²) in [5.74, 6) is -0.479. The number of carbonyl (C=O) groups is 1. The molecule has 19 heavy (non-hydrogen) atoms. The number of aryl methyl sites for hydroxylation is 1. The molecule has 2 N–H and O–H groups in total. The average Bonchev–Trinajstić information content (AvgIpc) is 2.30. The highest BCUT2D eigenvalue weighted by atomic mass is 79.9. The molecule has 98 valence electrons. The molecule has 2 rings (SSSR count). The predicted molar refractivity (Wildman–Crippen MR) is 77.7 cm³/mol. The van der Waals surface area contributed by atoms with E-state index in [-0.39, 0.29) is 18.0 Å². The van der Waals surface area contributed by atoms with Crippen LogP contribution in [-0.4, -0.2) is 5.78 Å². The quantitative estimate of drug-likeness (QED) is 0.688. The van der Waals surface area contributed by atoms with E-state index in [0.29, 0.717) is 21.3 Å². The van der Waals surface area contributed by atoms with Crippen LogP contribution in [-0.2, 0) is 6.42 Å². The molecule has 0 saturated heterocycles. The molecule has 0 unspecified atom stereocenters. The lowest BCUT2D eigenvalue weighted by molar-refractivity contribution is 0.0993. The Labute approximate surface area is 119 Å². The van der Waals surface area contributed by atoms with Crippen molar-refractivity contribution in [1.29, 1.82) is 0 Å². The summed E-state index contributed by atoms with van der Waals surface area (Å²) in [6, 6.07) is 9.76. The van der Waals surface area contributed by atoms with Crippen molar-refractivity contribution in [3.63, 3.8) is 0 Å². The largest absolute Gasteiger partial charge is 0.398 e. The van der Waals surface area contributed by atoms with Gasteiger partial charge in [0.1, 0.15) is 5.82 Å². The molecule has 0 aliphatic carbocycles. The number of benzene rings is 2. The van der Waals surface area contributed by atoms with Gasteiger partial charge in [0.05, 0.1) is 0 Å². The van der Waals surface area contributed by atoms with E-state index in [2.05, 4.69) is 15.9 Å². The average molecular weight is 322 g/mol. The Kier molecular flexibility index (Phi) is 4.00. The zero-order valence-corrected chi connectivity index (χ0v) is 12.0. The van der Waals surface area contributed by atoms with Crippen molar-refractivity contribution in [2.45, 2.75) is 13.3 Å². The van der Waals surface area contributed by atoms with Crippen LogP contribution >= 0.6 is 15.9 Å². The number of carbonyl (C=O) groups excluding carboxylic acids is 1. The van der Waals surface area contributed by atoms with Crippen LogP contribution in [0.1, 0.15) is 21.5 Å². The van der Waals surface area contributed by atoms with Crippen LogP contribution in [0, 0.1) is 12.7 Å². The van der Waals surface area contributed by atoms with Gasteiger partial charge < -0.3 is 5.73 Å². The van der Waals surface area contributed by atoms with Crippen LogP contribution < -0.4 is 5.73 Å². The van der Waals surface area contributed by atoms with Gasteiger partial charge in [-0.1, -0.05) is 27.6 Å². The number of nitrogens with two attached hydrogens (primary N) is 1. The van der Waals surface area contributed by atoms with Gasteiger partial charge in [-0.05, 0) is 42.8 Å². The number of nitrogen functional groups attached to an aromatic ring is 1. The second-order valence-corrected chi connectivity index (χ2v) is 5.38. The molecule has 0 spiro atoms. The lowest BCUT2D eigenvalue weighted by Crippen LogP contribution is -2.07. The van der Waals surface area contributed by atoms with Crippen LogP contribution in [0.4, 0.5) is 10.1 Å². The van der Waals surface area contributed by atoms with E-state index in [9.17, 15) is 9.18 Å². The second-order valence-electron chi connectivity index (χ2n) is 4.47. The van der Waals surface area contributed by atoms with Crippen molar-refractivity contribution < 1.29 is 9.18 Å². The zero-order valence-electron chi connectivity index (χ0n) is 10.4. The van der Waals surface area contributed by atoms with Gasteiger partial charge in [0, 0.05) is 22.1 Å². The number of anilines is 1. The first kappa shape index (κ1) is 13.7. The summed E-state index contributed by atoms with van der Waals surface area (Å²) >= 11 is 3.21. The van der Waals surface area contributed by atoms with Gasteiger partial charge in [-0.2, -0.15) is 0 Å². The Morgan fingerprint density at radius 3 is 2.68 bits per heavy atom. The van der Waals surface area contributed by atoms with Crippen molar-refractivity contribution in [2.24, 2.45) is 0 Å². The van der Waals surface area contributed by atoms with E-state index in [4.69, 9.17) is 5.73 Å². The molecule has 2 aromatic carbocycles. The van der Waals surface area contributed by atoms with Gasteiger partial charge in [0.15, 0.2) is 5.78 Å². The van der Waals surface area contributed by atoms with E-state index in [1.54, 1.807) is 18.2 Å². The first-order chi connectivity index (χ1) is 8.95. The van der Waals surface area contributed by atoms with Crippen LogP contribution in [0.5, 0.6) is 0 Å². The predicted octanol–water partition coefficient (Wildman–Crippen LogP) is 3.90. The van der Waals surface area contributed by atoms with Crippen LogP contribution in [0.2, 0.25) is 0 Å². The lowest BCUT2D eigenvalue weighted by Gasteiger charge is -2.07. The highest BCUT2D eigenvalue weighted by Gasteiger charge is 2.12. The van der Waals surface area contributed by atoms with Crippen molar-refractivity contribution in [3.8, 4) is 0 Å². The zero-order chi connectivity index (χ0) is 14.0. The van der Waals surface area contributed by atoms with E-state index in [0.717, 1.165) is 5.56 Å².